The lowest BCUT2D eigenvalue weighted by Gasteiger charge is -2.09. The molecule has 6 nitrogen and oxygen atoms in total. The molecule has 0 saturated heterocycles. The van der Waals surface area contributed by atoms with E-state index in [1.54, 1.807) is 22.9 Å². The van der Waals surface area contributed by atoms with Crippen LogP contribution < -0.4 is 5.32 Å². The van der Waals surface area contributed by atoms with Gasteiger partial charge in [0.15, 0.2) is 0 Å². The molecular formula is C23H17F3N4O2. The van der Waals surface area contributed by atoms with Crippen LogP contribution in [0.15, 0.2) is 71.5 Å². The smallest absolute Gasteiger partial charge is 0.416 e. The number of aromatic amines is 1. The number of rotatable bonds is 5. The Kier molecular flexibility index (Phi) is 4.73. The van der Waals surface area contributed by atoms with Crippen molar-refractivity contribution in [2.45, 2.75) is 19.1 Å². The van der Waals surface area contributed by atoms with Crippen LogP contribution in [-0.4, -0.2) is 20.4 Å². The summed E-state index contributed by atoms with van der Waals surface area (Å²) in [6.07, 6.45) is -1.13. The van der Waals surface area contributed by atoms with Gasteiger partial charge in [-0.2, -0.15) is 13.2 Å². The van der Waals surface area contributed by atoms with E-state index in [9.17, 15) is 18.0 Å². The summed E-state index contributed by atoms with van der Waals surface area (Å²) in [7, 11) is 0. The molecule has 5 aromatic rings. The molecule has 32 heavy (non-hydrogen) atoms. The zero-order chi connectivity index (χ0) is 22.3. The summed E-state index contributed by atoms with van der Waals surface area (Å²) in [5, 5.41) is 3.68. The molecule has 0 spiro atoms. The maximum atomic E-state index is 13.2. The van der Waals surface area contributed by atoms with Crippen LogP contribution in [0.3, 0.4) is 0 Å². The van der Waals surface area contributed by atoms with Gasteiger partial charge in [0.2, 0.25) is 11.9 Å². The molecular weight excluding hydrogens is 421 g/mol. The molecule has 0 fully saturated rings. The lowest BCUT2D eigenvalue weighted by atomic mass is 10.1. The number of carbonyl (C=O) groups is 1. The van der Waals surface area contributed by atoms with Gasteiger partial charge in [-0.15, -0.1) is 0 Å². The Morgan fingerprint density at radius 1 is 1.12 bits per heavy atom. The van der Waals surface area contributed by atoms with Crippen LogP contribution in [0.2, 0.25) is 0 Å². The average Bonchev–Trinajstić information content (AvgIpc) is 3.48. The number of H-pyrrole nitrogens is 1. The van der Waals surface area contributed by atoms with E-state index in [0.717, 1.165) is 28.6 Å². The number of amides is 1. The Balaban J connectivity index is 1.49. The van der Waals surface area contributed by atoms with Crippen LogP contribution in [0.5, 0.6) is 0 Å². The van der Waals surface area contributed by atoms with Crippen molar-refractivity contribution in [3.63, 3.8) is 0 Å². The van der Waals surface area contributed by atoms with Crippen LogP contribution >= 0.6 is 0 Å². The van der Waals surface area contributed by atoms with Gasteiger partial charge in [0.05, 0.1) is 35.8 Å². The van der Waals surface area contributed by atoms with Crippen molar-refractivity contribution >= 4 is 33.8 Å². The zero-order valence-electron chi connectivity index (χ0n) is 16.6. The number of halogens is 3. The molecule has 5 rings (SSSR count). The van der Waals surface area contributed by atoms with Gasteiger partial charge in [-0.1, -0.05) is 18.2 Å². The third-order valence-electron chi connectivity index (χ3n) is 5.25. The number of nitrogens with one attached hydrogen (secondary N) is 2. The number of aromatic nitrogens is 3. The molecule has 0 radical (unpaired) electrons. The summed E-state index contributed by atoms with van der Waals surface area (Å²) in [4.78, 5) is 20.2. The van der Waals surface area contributed by atoms with E-state index in [4.69, 9.17) is 4.42 Å². The number of alkyl halides is 3. The van der Waals surface area contributed by atoms with Crippen LogP contribution in [-0.2, 0) is 23.9 Å². The summed E-state index contributed by atoms with van der Waals surface area (Å²) in [6, 6.07) is 14.4. The molecule has 0 aliphatic carbocycles. The Morgan fingerprint density at radius 2 is 1.97 bits per heavy atom. The largest absolute Gasteiger partial charge is 0.467 e. The number of hydrogen-bond acceptors (Lipinski definition) is 3. The quantitative estimate of drug-likeness (QED) is 0.388. The molecule has 0 saturated carbocycles. The van der Waals surface area contributed by atoms with Crippen LogP contribution in [0.4, 0.5) is 19.1 Å². The number of furan rings is 1. The molecule has 0 aliphatic rings. The normalized spacial score (nSPS) is 12.0. The Hall–Kier alpha value is -4.01. The maximum Gasteiger partial charge on any atom is 0.416 e. The lowest BCUT2D eigenvalue weighted by molar-refractivity contribution is -0.137. The molecule has 2 aromatic carbocycles. The number of anilines is 1. The fraction of sp³-hybridized carbons (Fsp3) is 0.130. The van der Waals surface area contributed by atoms with E-state index in [0.29, 0.717) is 11.3 Å². The Labute approximate surface area is 179 Å². The second-order valence-corrected chi connectivity index (χ2v) is 7.39. The van der Waals surface area contributed by atoms with E-state index >= 15 is 0 Å². The molecule has 2 N–H and O–H groups in total. The molecule has 162 valence electrons. The van der Waals surface area contributed by atoms with Gasteiger partial charge in [-0.25, -0.2) is 4.98 Å². The molecule has 1 amide bonds. The number of hydrogen-bond donors (Lipinski definition) is 2. The number of benzene rings is 2. The third kappa shape index (κ3) is 3.73. The highest BCUT2D eigenvalue weighted by molar-refractivity contribution is 5.96. The van der Waals surface area contributed by atoms with E-state index in [1.807, 2.05) is 24.3 Å². The number of carbonyl (C=O) groups excluding carboxylic acids is 1. The summed E-state index contributed by atoms with van der Waals surface area (Å²) >= 11 is 0. The predicted molar refractivity (Wildman–Crippen MR) is 113 cm³/mol. The Bertz CT molecular complexity index is 1410. The number of para-hydroxylation sites is 1. The topological polar surface area (TPSA) is 75.8 Å². The van der Waals surface area contributed by atoms with Gasteiger partial charge in [0.1, 0.15) is 5.76 Å². The van der Waals surface area contributed by atoms with Crippen molar-refractivity contribution in [3.8, 4) is 0 Å². The summed E-state index contributed by atoms with van der Waals surface area (Å²) < 4.78 is 46.5. The van der Waals surface area contributed by atoms with Crippen molar-refractivity contribution in [3.05, 3.63) is 83.9 Å². The van der Waals surface area contributed by atoms with E-state index in [1.165, 1.54) is 12.3 Å². The molecule has 0 aliphatic heterocycles. The van der Waals surface area contributed by atoms with Crippen molar-refractivity contribution in [2.24, 2.45) is 0 Å². The van der Waals surface area contributed by atoms with Crippen LogP contribution in [0.25, 0.3) is 21.9 Å². The SMILES string of the molecule is O=C(Cc1c[nH]c2ccccc12)Nc1nc2cc(C(F)(F)F)ccc2n1Cc1ccco1. The first-order valence-corrected chi connectivity index (χ1v) is 9.83. The van der Waals surface area contributed by atoms with Crippen LogP contribution in [0, 0.1) is 0 Å². The molecule has 3 aromatic heterocycles. The first-order valence-electron chi connectivity index (χ1n) is 9.83. The minimum absolute atomic E-state index is 0.0851. The standard InChI is InChI=1S/C23H17F3N4O2/c24-23(25,26)15-7-8-20-19(11-15)28-22(30(20)13-16-4-3-9-32-16)29-21(31)10-14-12-27-18-6-2-1-5-17(14)18/h1-9,11-12,27H,10,13H2,(H,28,29,31). The van der Waals surface area contributed by atoms with Crippen molar-refractivity contribution in [2.75, 3.05) is 5.32 Å². The second-order valence-electron chi connectivity index (χ2n) is 7.39. The van der Waals surface area contributed by atoms with E-state index < -0.39 is 11.7 Å². The number of nitrogens with zero attached hydrogens (tertiary/aromatic N) is 2. The summed E-state index contributed by atoms with van der Waals surface area (Å²) in [5.41, 5.74) is 1.51. The Morgan fingerprint density at radius 3 is 2.75 bits per heavy atom. The zero-order valence-corrected chi connectivity index (χ0v) is 16.6. The van der Waals surface area contributed by atoms with Gasteiger partial charge < -0.3 is 14.0 Å². The highest BCUT2D eigenvalue weighted by Crippen LogP contribution is 2.32. The van der Waals surface area contributed by atoms with Crippen LogP contribution in [0.1, 0.15) is 16.9 Å². The number of fused-ring (bicyclic) bond motifs is 2. The van der Waals surface area contributed by atoms with Crippen molar-refractivity contribution in [1.82, 2.24) is 14.5 Å². The fourth-order valence-corrected chi connectivity index (χ4v) is 3.74. The van der Waals surface area contributed by atoms with Gasteiger partial charge in [0.25, 0.3) is 0 Å². The predicted octanol–water partition coefficient (Wildman–Crippen LogP) is 5.36. The highest BCUT2D eigenvalue weighted by Gasteiger charge is 2.31. The summed E-state index contributed by atoms with van der Waals surface area (Å²) in [5.74, 6) is 0.402. The number of imidazole rings is 1. The van der Waals surface area contributed by atoms with Gasteiger partial charge >= 0.3 is 6.18 Å². The fourth-order valence-electron chi connectivity index (χ4n) is 3.74. The summed E-state index contributed by atoms with van der Waals surface area (Å²) in [6.45, 7) is 0.206. The maximum absolute atomic E-state index is 13.2. The van der Waals surface area contributed by atoms with E-state index in [-0.39, 0.29) is 30.3 Å². The van der Waals surface area contributed by atoms with Crippen molar-refractivity contribution in [1.29, 1.82) is 0 Å². The average molecular weight is 438 g/mol. The molecule has 9 heteroatoms. The van der Waals surface area contributed by atoms with Gasteiger partial charge in [-0.05, 0) is 42.0 Å². The molecule has 3 heterocycles. The molecule has 0 unspecified atom stereocenters. The first-order chi connectivity index (χ1) is 15.4. The first kappa shape index (κ1) is 19.9. The van der Waals surface area contributed by atoms with E-state index in [2.05, 4.69) is 15.3 Å². The molecule has 0 atom stereocenters. The minimum atomic E-state index is -4.49. The minimum Gasteiger partial charge on any atom is -0.467 e. The van der Waals surface area contributed by atoms with Gasteiger partial charge in [0, 0.05) is 17.1 Å². The monoisotopic (exact) mass is 438 g/mol. The van der Waals surface area contributed by atoms with Crippen molar-refractivity contribution < 1.29 is 22.4 Å². The highest BCUT2D eigenvalue weighted by atomic mass is 19.4. The molecule has 0 bridgehead atoms. The van der Waals surface area contributed by atoms with Gasteiger partial charge in [-0.3, -0.25) is 10.1 Å². The third-order valence-corrected chi connectivity index (χ3v) is 5.25. The second kappa shape index (κ2) is 7.60. The lowest BCUT2D eigenvalue weighted by Crippen LogP contribution is -2.18.